The van der Waals surface area contributed by atoms with E-state index in [0.29, 0.717) is 11.6 Å². The Bertz CT molecular complexity index is 244. The van der Waals surface area contributed by atoms with E-state index < -0.39 is 0 Å². The molecule has 1 unspecified atom stereocenters. The molecule has 1 rings (SSSR count). The molecule has 0 aliphatic rings. The lowest BCUT2D eigenvalue weighted by molar-refractivity contribution is 0.157. The first kappa shape index (κ1) is 10.3. The van der Waals surface area contributed by atoms with E-state index in [9.17, 15) is 0 Å². The molecular weight excluding hydrogens is 290 g/mol. The van der Waals surface area contributed by atoms with Crippen LogP contribution in [0, 0.1) is 3.70 Å². The van der Waals surface area contributed by atoms with Gasteiger partial charge in [0.1, 0.15) is 3.70 Å². The van der Waals surface area contributed by atoms with E-state index >= 15 is 0 Å². The Morgan fingerprint density at radius 1 is 1.83 bits per heavy atom. The van der Waals surface area contributed by atoms with Crippen molar-refractivity contribution in [2.75, 3.05) is 13.7 Å². The molecule has 0 spiro atoms. The zero-order chi connectivity index (χ0) is 9.14. The van der Waals surface area contributed by atoms with Crippen molar-refractivity contribution in [1.82, 2.24) is 9.78 Å². The molecular formula is C7H10ClIN2O. The molecule has 0 aliphatic carbocycles. The maximum absolute atomic E-state index is 5.84. The summed E-state index contributed by atoms with van der Waals surface area (Å²) in [7, 11) is 1.67. The van der Waals surface area contributed by atoms with Gasteiger partial charge in [-0.05, 0) is 29.5 Å². The van der Waals surface area contributed by atoms with Gasteiger partial charge in [0, 0.05) is 13.3 Å². The van der Waals surface area contributed by atoms with E-state index in [4.69, 9.17) is 16.3 Å². The van der Waals surface area contributed by atoms with Crippen LogP contribution in [0.4, 0.5) is 0 Å². The number of nitrogens with zero attached hydrogens (tertiary/aromatic N) is 2. The predicted octanol–water partition coefficient (Wildman–Crippen LogP) is 2.35. The molecule has 0 saturated carbocycles. The van der Waals surface area contributed by atoms with Gasteiger partial charge in [-0.2, -0.15) is 5.10 Å². The zero-order valence-electron chi connectivity index (χ0n) is 6.92. The Morgan fingerprint density at radius 2 is 2.50 bits per heavy atom. The average molecular weight is 301 g/mol. The van der Waals surface area contributed by atoms with Gasteiger partial charge >= 0.3 is 0 Å². The first-order chi connectivity index (χ1) is 5.65. The lowest BCUT2D eigenvalue weighted by atomic mass is 10.4. The quantitative estimate of drug-likeness (QED) is 0.801. The summed E-state index contributed by atoms with van der Waals surface area (Å²) in [6.07, 6.45) is 1.81. The second-order valence-electron chi connectivity index (χ2n) is 2.55. The second kappa shape index (κ2) is 4.43. The molecule has 1 heterocycles. The maximum atomic E-state index is 5.84. The van der Waals surface area contributed by atoms with E-state index in [1.165, 1.54) is 0 Å². The lowest BCUT2D eigenvalue weighted by Gasteiger charge is -2.09. The van der Waals surface area contributed by atoms with E-state index in [0.717, 1.165) is 3.70 Å². The second-order valence-corrected chi connectivity index (χ2v) is 3.98. The normalized spacial score (nSPS) is 13.3. The maximum Gasteiger partial charge on any atom is 0.141 e. The molecule has 3 nitrogen and oxygen atoms in total. The number of hydrogen-bond acceptors (Lipinski definition) is 2. The van der Waals surface area contributed by atoms with Gasteiger partial charge in [-0.15, -0.1) is 0 Å². The number of hydrogen-bond donors (Lipinski definition) is 0. The summed E-state index contributed by atoms with van der Waals surface area (Å²) >= 11 is 7.94. The molecule has 0 amide bonds. The monoisotopic (exact) mass is 300 g/mol. The molecule has 1 atom stereocenters. The van der Waals surface area contributed by atoms with Crippen molar-refractivity contribution in [2.24, 2.45) is 0 Å². The standard InChI is InChI=1S/C7H10ClIN2O/c1-5(4-12-2)11-3-6(8)7(9)10-11/h3,5H,4H2,1-2H3. The summed E-state index contributed by atoms with van der Waals surface area (Å²) in [6, 6.07) is 0.232. The molecule has 0 fully saturated rings. The van der Waals surface area contributed by atoms with Crippen LogP contribution in [0.5, 0.6) is 0 Å². The molecule has 0 radical (unpaired) electrons. The number of aromatic nitrogens is 2. The van der Waals surface area contributed by atoms with Gasteiger partial charge in [0.2, 0.25) is 0 Å². The molecule has 68 valence electrons. The van der Waals surface area contributed by atoms with Crippen LogP contribution in [0.2, 0.25) is 5.02 Å². The van der Waals surface area contributed by atoms with Crippen molar-refractivity contribution < 1.29 is 4.74 Å². The minimum atomic E-state index is 0.232. The molecule has 12 heavy (non-hydrogen) atoms. The van der Waals surface area contributed by atoms with Gasteiger partial charge in [-0.25, -0.2) is 0 Å². The van der Waals surface area contributed by atoms with Gasteiger partial charge in [-0.1, -0.05) is 11.6 Å². The van der Waals surface area contributed by atoms with Crippen LogP contribution >= 0.6 is 34.2 Å². The lowest BCUT2D eigenvalue weighted by Crippen LogP contribution is -2.11. The van der Waals surface area contributed by atoms with E-state index in [-0.39, 0.29) is 6.04 Å². The molecule has 0 saturated heterocycles. The fourth-order valence-corrected chi connectivity index (χ4v) is 1.42. The van der Waals surface area contributed by atoms with Crippen molar-refractivity contribution >= 4 is 34.2 Å². The summed E-state index contributed by atoms with van der Waals surface area (Å²) in [5.41, 5.74) is 0. The van der Waals surface area contributed by atoms with Crippen LogP contribution < -0.4 is 0 Å². The average Bonchev–Trinajstić information content (AvgIpc) is 2.33. The van der Waals surface area contributed by atoms with Crippen molar-refractivity contribution in [3.63, 3.8) is 0 Å². The van der Waals surface area contributed by atoms with Gasteiger partial charge in [0.05, 0.1) is 17.7 Å². The van der Waals surface area contributed by atoms with Gasteiger partial charge in [0.25, 0.3) is 0 Å². The third kappa shape index (κ3) is 2.34. The van der Waals surface area contributed by atoms with Gasteiger partial charge in [-0.3, -0.25) is 4.68 Å². The summed E-state index contributed by atoms with van der Waals surface area (Å²) in [5, 5.41) is 4.91. The Balaban J connectivity index is 2.74. The highest BCUT2D eigenvalue weighted by Gasteiger charge is 2.08. The highest BCUT2D eigenvalue weighted by Crippen LogP contribution is 2.18. The molecule has 5 heteroatoms. The van der Waals surface area contributed by atoms with E-state index in [2.05, 4.69) is 27.7 Å². The summed E-state index contributed by atoms with van der Waals surface area (Å²) in [6.45, 7) is 2.68. The molecule has 0 aliphatic heterocycles. The Hall–Kier alpha value is 0.190. The SMILES string of the molecule is COCC(C)n1cc(Cl)c(I)n1. The van der Waals surface area contributed by atoms with Crippen LogP contribution in [-0.4, -0.2) is 23.5 Å². The first-order valence-corrected chi connectivity index (χ1v) is 5.00. The Labute approximate surface area is 90.2 Å². The number of halogens is 2. The van der Waals surface area contributed by atoms with Crippen molar-refractivity contribution in [1.29, 1.82) is 0 Å². The first-order valence-electron chi connectivity index (χ1n) is 3.54. The summed E-state index contributed by atoms with van der Waals surface area (Å²) in [5.74, 6) is 0. The zero-order valence-corrected chi connectivity index (χ0v) is 9.83. The van der Waals surface area contributed by atoms with Crippen LogP contribution in [0.3, 0.4) is 0 Å². The highest BCUT2D eigenvalue weighted by molar-refractivity contribution is 14.1. The third-order valence-electron chi connectivity index (χ3n) is 1.51. The highest BCUT2D eigenvalue weighted by atomic mass is 127. The van der Waals surface area contributed by atoms with Crippen molar-refractivity contribution in [3.05, 3.63) is 14.9 Å². The van der Waals surface area contributed by atoms with Crippen LogP contribution in [0.1, 0.15) is 13.0 Å². The topological polar surface area (TPSA) is 27.1 Å². The number of ether oxygens (including phenoxy) is 1. The fraction of sp³-hybridized carbons (Fsp3) is 0.571. The van der Waals surface area contributed by atoms with Crippen LogP contribution in [-0.2, 0) is 4.74 Å². The molecule has 0 bridgehead atoms. The van der Waals surface area contributed by atoms with Crippen molar-refractivity contribution in [2.45, 2.75) is 13.0 Å². The van der Waals surface area contributed by atoms with E-state index in [1.54, 1.807) is 7.11 Å². The Kier molecular flexibility index (Phi) is 3.79. The van der Waals surface area contributed by atoms with E-state index in [1.807, 2.05) is 17.8 Å². The van der Waals surface area contributed by atoms with Gasteiger partial charge in [0.15, 0.2) is 0 Å². The fourth-order valence-electron chi connectivity index (χ4n) is 0.891. The molecule has 1 aromatic rings. The van der Waals surface area contributed by atoms with Crippen LogP contribution in [0.15, 0.2) is 6.20 Å². The Morgan fingerprint density at radius 3 is 2.92 bits per heavy atom. The molecule has 0 N–H and O–H groups in total. The third-order valence-corrected chi connectivity index (χ3v) is 2.90. The minimum Gasteiger partial charge on any atom is -0.382 e. The largest absolute Gasteiger partial charge is 0.382 e. The molecule has 0 aromatic carbocycles. The summed E-state index contributed by atoms with van der Waals surface area (Å²) in [4.78, 5) is 0. The van der Waals surface area contributed by atoms with Crippen molar-refractivity contribution in [3.8, 4) is 0 Å². The van der Waals surface area contributed by atoms with Gasteiger partial charge < -0.3 is 4.74 Å². The van der Waals surface area contributed by atoms with Crippen LogP contribution in [0.25, 0.3) is 0 Å². The predicted molar refractivity (Wildman–Crippen MR) is 56.5 cm³/mol. The number of rotatable bonds is 3. The minimum absolute atomic E-state index is 0.232. The number of methoxy groups -OCH3 is 1. The smallest absolute Gasteiger partial charge is 0.141 e. The summed E-state index contributed by atoms with van der Waals surface area (Å²) < 4.78 is 7.64. The molecule has 1 aromatic heterocycles.